The second-order valence-electron chi connectivity index (χ2n) is 6.77. The van der Waals surface area contributed by atoms with Crippen LogP contribution in [0.15, 0.2) is 48.5 Å². The number of ether oxygens (including phenoxy) is 1. The molecule has 9 heteroatoms. The number of nitrogens with zero attached hydrogens (tertiary/aromatic N) is 5. The van der Waals surface area contributed by atoms with Gasteiger partial charge in [0.05, 0.1) is 13.2 Å². The first-order valence-electron chi connectivity index (χ1n) is 9.33. The van der Waals surface area contributed by atoms with E-state index < -0.39 is 11.9 Å². The second-order valence-corrected chi connectivity index (χ2v) is 6.77. The summed E-state index contributed by atoms with van der Waals surface area (Å²) in [6, 6.07) is 12.9. The number of hydrogen-bond donors (Lipinski definition) is 1. The lowest BCUT2D eigenvalue weighted by molar-refractivity contribution is -0.123. The fourth-order valence-electron chi connectivity index (χ4n) is 3.46. The minimum absolute atomic E-state index is 0.301. The molecule has 2 aromatic carbocycles. The van der Waals surface area contributed by atoms with Crippen LogP contribution in [0.25, 0.3) is 11.4 Å². The first-order valence-corrected chi connectivity index (χ1v) is 9.33. The summed E-state index contributed by atoms with van der Waals surface area (Å²) in [6.45, 7) is 2.12. The highest BCUT2D eigenvalue weighted by atomic mass is 19.1. The summed E-state index contributed by atoms with van der Waals surface area (Å²) in [7, 11) is 1.74. The molecule has 150 valence electrons. The van der Waals surface area contributed by atoms with Gasteiger partial charge in [0, 0.05) is 37.0 Å². The van der Waals surface area contributed by atoms with Crippen molar-refractivity contribution < 1.29 is 13.9 Å². The highest BCUT2D eigenvalue weighted by Crippen LogP contribution is 2.27. The van der Waals surface area contributed by atoms with Crippen LogP contribution >= 0.6 is 0 Å². The van der Waals surface area contributed by atoms with Crippen LogP contribution < -0.4 is 5.32 Å². The van der Waals surface area contributed by atoms with Crippen molar-refractivity contribution >= 4 is 11.6 Å². The summed E-state index contributed by atoms with van der Waals surface area (Å²) >= 11 is 0. The van der Waals surface area contributed by atoms with Gasteiger partial charge in [0.15, 0.2) is 5.82 Å². The second kappa shape index (κ2) is 8.46. The summed E-state index contributed by atoms with van der Waals surface area (Å²) in [6.07, 6.45) is 0. The van der Waals surface area contributed by atoms with E-state index in [4.69, 9.17) is 4.74 Å². The van der Waals surface area contributed by atoms with E-state index in [0.717, 1.165) is 5.56 Å². The molecule has 1 unspecified atom stereocenters. The van der Waals surface area contributed by atoms with Gasteiger partial charge in [-0.2, -0.15) is 0 Å². The highest BCUT2D eigenvalue weighted by molar-refractivity contribution is 5.96. The van der Waals surface area contributed by atoms with Gasteiger partial charge in [-0.3, -0.25) is 9.69 Å². The van der Waals surface area contributed by atoms with Crippen molar-refractivity contribution in [2.24, 2.45) is 7.05 Å². The van der Waals surface area contributed by atoms with Gasteiger partial charge in [0.2, 0.25) is 5.91 Å². The number of hydrogen-bond acceptors (Lipinski definition) is 6. The number of aromatic nitrogens is 4. The summed E-state index contributed by atoms with van der Waals surface area (Å²) < 4.78 is 21.5. The van der Waals surface area contributed by atoms with Crippen molar-refractivity contribution in [1.29, 1.82) is 0 Å². The van der Waals surface area contributed by atoms with E-state index >= 15 is 0 Å². The number of nitrogens with one attached hydrogen (secondary N) is 1. The molecule has 0 aliphatic carbocycles. The minimum atomic E-state index is -0.750. The average Bonchev–Trinajstić information content (AvgIpc) is 3.17. The third-order valence-corrected chi connectivity index (χ3v) is 4.87. The van der Waals surface area contributed by atoms with Crippen LogP contribution in [-0.4, -0.2) is 57.3 Å². The fraction of sp³-hybridized carbons (Fsp3) is 0.300. The number of aryl methyl sites for hydroxylation is 1. The Kier molecular flexibility index (Phi) is 5.59. The number of morpholine rings is 1. The van der Waals surface area contributed by atoms with E-state index in [9.17, 15) is 9.18 Å². The molecule has 2 heterocycles. The lowest BCUT2D eigenvalue weighted by Gasteiger charge is -2.34. The molecule has 0 radical (unpaired) electrons. The van der Waals surface area contributed by atoms with Crippen molar-refractivity contribution in [2.45, 2.75) is 6.04 Å². The zero-order valence-electron chi connectivity index (χ0n) is 16.0. The molecule has 0 bridgehead atoms. The Morgan fingerprint density at radius 1 is 1.17 bits per heavy atom. The number of halogens is 1. The number of carbonyl (C=O) groups excluding carboxylic acids is 1. The van der Waals surface area contributed by atoms with Gasteiger partial charge in [0.25, 0.3) is 0 Å². The van der Waals surface area contributed by atoms with Crippen molar-refractivity contribution in [2.75, 3.05) is 31.6 Å². The largest absolute Gasteiger partial charge is 0.379 e. The maximum Gasteiger partial charge on any atom is 0.246 e. The van der Waals surface area contributed by atoms with Gasteiger partial charge in [-0.25, -0.2) is 9.07 Å². The van der Waals surface area contributed by atoms with E-state index in [-0.39, 0.29) is 5.91 Å². The quantitative estimate of drug-likeness (QED) is 0.710. The number of rotatable bonds is 5. The van der Waals surface area contributed by atoms with Crippen LogP contribution in [0, 0.1) is 5.82 Å². The highest BCUT2D eigenvalue weighted by Gasteiger charge is 2.31. The first kappa shape index (κ1) is 19.2. The van der Waals surface area contributed by atoms with Crippen molar-refractivity contribution in [3.63, 3.8) is 0 Å². The predicted octanol–water partition coefficient (Wildman–Crippen LogP) is 2.03. The van der Waals surface area contributed by atoms with Crippen molar-refractivity contribution in [3.8, 4) is 11.4 Å². The molecule has 3 aromatic rings. The van der Waals surface area contributed by atoms with Crippen molar-refractivity contribution in [3.05, 3.63) is 59.9 Å². The number of carbonyl (C=O) groups is 1. The molecule has 0 saturated carbocycles. The van der Waals surface area contributed by atoms with E-state index in [1.807, 2.05) is 17.0 Å². The van der Waals surface area contributed by atoms with Crippen LogP contribution in [0.3, 0.4) is 0 Å². The molecular weight excluding hydrogens is 375 g/mol. The van der Waals surface area contributed by atoms with Crippen LogP contribution in [-0.2, 0) is 16.6 Å². The van der Waals surface area contributed by atoms with Gasteiger partial charge in [0.1, 0.15) is 11.9 Å². The predicted molar refractivity (Wildman–Crippen MR) is 104 cm³/mol. The molecule has 8 nitrogen and oxygen atoms in total. The topological polar surface area (TPSA) is 85.2 Å². The molecule has 1 aromatic heterocycles. The van der Waals surface area contributed by atoms with E-state index in [2.05, 4.69) is 20.8 Å². The minimum Gasteiger partial charge on any atom is -0.379 e. The lowest BCUT2D eigenvalue weighted by atomic mass is 10.0. The molecule has 29 heavy (non-hydrogen) atoms. The smallest absolute Gasteiger partial charge is 0.246 e. The third kappa shape index (κ3) is 4.15. The van der Waals surface area contributed by atoms with Gasteiger partial charge in [-0.05, 0) is 28.6 Å². The molecule has 1 fully saturated rings. The van der Waals surface area contributed by atoms with E-state index in [1.54, 1.807) is 42.1 Å². The Morgan fingerprint density at radius 2 is 1.97 bits per heavy atom. The van der Waals surface area contributed by atoms with Gasteiger partial charge in [-0.15, -0.1) is 5.10 Å². The number of tetrazole rings is 1. The maximum absolute atomic E-state index is 14.5. The Morgan fingerprint density at radius 3 is 2.69 bits per heavy atom. The maximum atomic E-state index is 14.5. The number of anilines is 1. The monoisotopic (exact) mass is 396 g/mol. The molecule has 0 spiro atoms. The normalized spacial score (nSPS) is 15.8. The van der Waals surface area contributed by atoms with Crippen LogP contribution in [0.4, 0.5) is 10.1 Å². The van der Waals surface area contributed by atoms with Gasteiger partial charge in [-0.1, -0.05) is 30.3 Å². The zero-order chi connectivity index (χ0) is 20.2. The molecule has 1 atom stereocenters. The Labute approximate surface area is 167 Å². The Balaban J connectivity index is 1.62. The number of benzene rings is 2. The van der Waals surface area contributed by atoms with Gasteiger partial charge >= 0.3 is 0 Å². The van der Waals surface area contributed by atoms with Crippen LogP contribution in [0.1, 0.15) is 11.6 Å². The molecule has 1 N–H and O–H groups in total. The lowest BCUT2D eigenvalue weighted by Crippen LogP contribution is -2.44. The Hall–Kier alpha value is -3.17. The molecule has 1 saturated heterocycles. The summed E-state index contributed by atoms with van der Waals surface area (Å²) in [4.78, 5) is 15.2. The molecule has 1 aliphatic rings. The molecule has 1 aliphatic heterocycles. The summed E-state index contributed by atoms with van der Waals surface area (Å²) in [5.74, 6) is -0.122. The van der Waals surface area contributed by atoms with Crippen molar-refractivity contribution in [1.82, 2.24) is 25.1 Å². The van der Waals surface area contributed by atoms with Gasteiger partial charge < -0.3 is 10.1 Å². The van der Waals surface area contributed by atoms with Crippen LogP contribution in [0.5, 0.6) is 0 Å². The summed E-state index contributed by atoms with van der Waals surface area (Å²) in [5, 5.41) is 14.4. The average molecular weight is 396 g/mol. The molecular formula is C20H21FN6O2. The summed E-state index contributed by atoms with van der Waals surface area (Å²) in [5.41, 5.74) is 1.70. The van der Waals surface area contributed by atoms with E-state index in [0.29, 0.717) is 43.4 Å². The fourth-order valence-corrected chi connectivity index (χ4v) is 3.46. The Bertz CT molecular complexity index is 1000. The van der Waals surface area contributed by atoms with E-state index in [1.165, 1.54) is 6.07 Å². The molecule has 4 rings (SSSR count). The standard InChI is InChI=1S/C20H21FN6O2/c1-26-19(23-24-25-26)14-5-4-6-15(13-14)22-20(28)18(27-9-11-29-12-10-27)16-7-2-3-8-17(16)21/h2-8,13,18H,9-12H2,1H3,(H,22,28). The van der Waals surface area contributed by atoms with Crippen LogP contribution in [0.2, 0.25) is 0 Å². The molecule has 1 amide bonds. The zero-order valence-corrected chi connectivity index (χ0v) is 16.0. The first-order chi connectivity index (χ1) is 14.1. The number of amides is 1. The SMILES string of the molecule is Cn1nnnc1-c1cccc(NC(=O)C(c2ccccc2F)N2CCOCC2)c1. The third-order valence-electron chi connectivity index (χ3n) is 4.87.